The summed E-state index contributed by atoms with van der Waals surface area (Å²) in [6, 6.07) is 25.4. The smallest absolute Gasteiger partial charge is 0.408 e. The maximum Gasteiger partial charge on any atom is 0.408 e. The molecule has 0 unspecified atom stereocenters. The summed E-state index contributed by atoms with van der Waals surface area (Å²) in [5.74, 6) is -0.567. The highest BCUT2D eigenvalue weighted by atomic mass is 28.4. The minimum atomic E-state index is -2.14. The van der Waals surface area contributed by atoms with Crippen molar-refractivity contribution >= 4 is 39.9 Å². The molecule has 2 aromatic heterocycles. The summed E-state index contributed by atoms with van der Waals surface area (Å²) in [6.45, 7) is 23.2. The molecule has 1 aliphatic heterocycles. The quantitative estimate of drug-likeness (QED) is 0.0801. The van der Waals surface area contributed by atoms with Crippen LogP contribution in [0.1, 0.15) is 70.9 Å². The Kier molecular flexibility index (Phi) is 13.8. The molecular weight excluding hydrogens is 791 g/mol. The third-order valence-corrected chi connectivity index (χ3v) is 21.2. The number of esters is 1. The summed E-state index contributed by atoms with van der Waals surface area (Å²) < 4.78 is 33.6. The molecule has 1 amide bonds. The van der Waals surface area contributed by atoms with E-state index in [1.165, 1.54) is 0 Å². The van der Waals surface area contributed by atoms with Gasteiger partial charge in [-0.2, -0.15) is 0 Å². The van der Waals surface area contributed by atoms with Gasteiger partial charge in [-0.1, -0.05) is 126 Å². The lowest BCUT2D eigenvalue weighted by molar-refractivity contribution is -0.147. The zero-order valence-corrected chi connectivity index (χ0v) is 38.7. The molecule has 1 aliphatic rings. The van der Waals surface area contributed by atoms with Crippen LogP contribution in [0, 0.1) is 0 Å². The van der Waals surface area contributed by atoms with Crippen molar-refractivity contribution in [2.24, 2.45) is 0 Å². The number of nitrogens with one attached hydrogen (secondary N) is 1. The van der Waals surface area contributed by atoms with Crippen LogP contribution in [0.2, 0.25) is 36.3 Å². The molecule has 1 N–H and O–H groups in total. The van der Waals surface area contributed by atoms with Crippen LogP contribution in [0.5, 0.6) is 0 Å². The number of rotatable bonds is 15. The third-order valence-electron chi connectivity index (χ3n) is 12.2. The fourth-order valence-electron chi connectivity index (χ4n) is 6.45. The number of amides is 1. The molecule has 6 rings (SSSR count). The van der Waals surface area contributed by atoms with Gasteiger partial charge in [-0.15, -0.1) is 0 Å². The topological polar surface area (TPSA) is 136 Å². The number of benzene rings is 3. The summed E-state index contributed by atoms with van der Waals surface area (Å²) >= 11 is 0. The first-order valence-electron chi connectivity index (χ1n) is 20.7. The Hall–Kier alpha value is -4.74. The minimum Gasteiger partial charge on any atom is -0.459 e. The van der Waals surface area contributed by atoms with Crippen LogP contribution in [-0.2, 0) is 47.5 Å². The van der Waals surface area contributed by atoms with E-state index in [0.717, 1.165) is 22.3 Å². The molecule has 0 bridgehead atoms. The molecule has 5 aromatic rings. The van der Waals surface area contributed by atoms with Gasteiger partial charge in [0, 0.05) is 18.4 Å². The summed E-state index contributed by atoms with van der Waals surface area (Å²) in [7, 11) is -4.18. The number of alkyl carbamates (subject to hydrolysis) is 1. The second kappa shape index (κ2) is 18.5. The van der Waals surface area contributed by atoms with Crippen molar-refractivity contribution in [1.82, 2.24) is 24.8 Å². The minimum absolute atomic E-state index is 0.0345. The van der Waals surface area contributed by atoms with Crippen molar-refractivity contribution in [3.05, 3.63) is 114 Å². The van der Waals surface area contributed by atoms with E-state index in [1.54, 1.807) is 12.7 Å². The first-order chi connectivity index (χ1) is 28.3. The molecule has 14 heteroatoms. The van der Waals surface area contributed by atoms with Crippen LogP contribution < -0.4 is 5.32 Å². The summed E-state index contributed by atoms with van der Waals surface area (Å²) in [5.41, 5.74) is 5.26. The predicted molar refractivity (Wildman–Crippen MR) is 238 cm³/mol. The Morgan fingerprint density at radius 3 is 1.98 bits per heavy atom. The van der Waals surface area contributed by atoms with E-state index in [2.05, 4.69) is 83.0 Å². The number of imidazole rings is 1. The largest absolute Gasteiger partial charge is 0.459 e. The SMILES string of the molecule is CC(C)(C)[Si](C)(C)OC[C@H]1O[C@@H](n2cnc3c(-c4ccc(C[C@H](NC(=O)OCc5ccccc5)C(=O)OCc5ccccc5)cc4)ncnc32)C[C@@H]1O[Si](C)(C)C(C)(C)C. The second-order valence-corrected chi connectivity index (χ2v) is 28.2. The van der Waals surface area contributed by atoms with Crippen molar-refractivity contribution in [1.29, 1.82) is 0 Å². The number of aromatic nitrogens is 4. The van der Waals surface area contributed by atoms with E-state index in [4.69, 9.17) is 28.0 Å². The Morgan fingerprint density at radius 1 is 0.783 bits per heavy atom. The van der Waals surface area contributed by atoms with Crippen LogP contribution in [-0.4, -0.2) is 73.1 Å². The van der Waals surface area contributed by atoms with E-state index in [-0.39, 0.29) is 48.1 Å². The predicted octanol–water partition coefficient (Wildman–Crippen LogP) is 9.77. The van der Waals surface area contributed by atoms with Crippen molar-refractivity contribution in [2.45, 2.75) is 128 Å². The van der Waals surface area contributed by atoms with Gasteiger partial charge < -0.3 is 28.4 Å². The second-order valence-electron chi connectivity index (χ2n) is 18.7. The van der Waals surface area contributed by atoms with Crippen molar-refractivity contribution in [3.63, 3.8) is 0 Å². The first kappa shape index (κ1) is 44.8. The highest BCUT2D eigenvalue weighted by molar-refractivity contribution is 6.74. The number of fused-ring (bicyclic) bond motifs is 1. The summed E-state index contributed by atoms with van der Waals surface area (Å²) in [5, 5.41) is 2.83. The summed E-state index contributed by atoms with van der Waals surface area (Å²) in [6.07, 6.45) is 2.68. The van der Waals surface area contributed by atoms with Crippen LogP contribution >= 0.6 is 0 Å². The van der Waals surface area contributed by atoms with Crippen molar-refractivity contribution in [3.8, 4) is 11.3 Å². The average Bonchev–Trinajstić information content (AvgIpc) is 3.82. The van der Waals surface area contributed by atoms with E-state index < -0.39 is 34.7 Å². The van der Waals surface area contributed by atoms with Gasteiger partial charge in [0.2, 0.25) is 0 Å². The zero-order valence-electron chi connectivity index (χ0n) is 36.7. The van der Waals surface area contributed by atoms with Gasteiger partial charge in [-0.05, 0) is 53.0 Å². The number of carbonyl (C=O) groups is 2. The van der Waals surface area contributed by atoms with Crippen LogP contribution in [0.4, 0.5) is 4.79 Å². The molecule has 60 heavy (non-hydrogen) atoms. The van der Waals surface area contributed by atoms with Gasteiger partial charge in [0.15, 0.2) is 22.3 Å². The molecule has 3 heterocycles. The Morgan fingerprint density at radius 2 is 1.38 bits per heavy atom. The van der Waals surface area contributed by atoms with E-state index in [9.17, 15) is 9.59 Å². The number of ether oxygens (including phenoxy) is 3. The third kappa shape index (κ3) is 11.0. The molecule has 0 saturated carbocycles. The standard InChI is InChI=1S/C46H61N5O7Si2/c1-45(2,3)59(7,8)56-29-38-37(58-60(9,10)46(4,5)6)26-39(57-38)51-31-49-41-40(47-30-48-42(41)51)35-23-21-32(22-24-35)25-36(43(52)54-27-33-17-13-11-14-18-33)50-44(53)55-28-34-19-15-12-16-20-34/h11-24,30-31,36-39H,25-29H2,1-10H3,(H,50,53)/t36-,37-,38+,39+/m0/s1. The zero-order chi connectivity index (χ0) is 43.3. The molecule has 320 valence electrons. The van der Waals surface area contributed by atoms with Gasteiger partial charge in [0.05, 0.1) is 19.0 Å². The maximum absolute atomic E-state index is 13.4. The van der Waals surface area contributed by atoms with Gasteiger partial charge in [-0.3, -0.25) is 4.57 Å². The maximum atomic E-state index is 13.4. The van der Waals surface area contributed by atoms with Crippen molar-refractivity contribution in [2.75, 3.05) is 6.61 Å². The first-order valence-corrected chi connectivity index (χ1v) is 26.5. The highest BCUT2D eigenvalue weighted by Gasteiger charge is 2.47. The lowest BCUT2D eigenvalue weighted by Gasteiger charge is -2.40. The van der Waals surface area contributed by atoms with Crippen LogP contribution in [0.3, 0.4) is 0 Å². The van der Waals surface area contributed by atoms with Gasteiger partial charge >= 0.3 is 12.1 Å². The monoisotopic (exact) mass is 851 g/mol. The van der Waals surface area contributed by atoms with Gasteiger partial charge in [0.25, 0.3) is 0 Å². The Labute approximate surface area is 356 Å². The molecule has 0 spiro atoms. The van der Waals surface area contributed by atoms with E-state index in [1.807, 2.05) is 89.5 Å². The van der Waals surface area contributed by atoms with Crippen LogP contribution in [0.15, 0.2) is 97.6 Å². The van der Waals surface area contributed by atoms with Gasteiger partial charge in [0.1, 0.15) is 49.1 Å². The molecule has 4 atom stereocenters. The van der Waals surface area contributed by atoms with Crippen LogP contribution in [0.25, 0.3) is 22.4 Å². The number of hydrogen-bond acceptors (Lipinski definition) is 10. The molecular formula is C46H61N5O7Si2. The number of nitrogens with zero attached hydrogens (tertiary/aromatic N) is 4. The fraction of sp³-hybridized carbons (Fsp3) is 0.457. The van der Waals surface area contributed by atoms with Gasteiger partial charge in [-0.25, -0.2) is 24.5 Å². The molecule has 12 nitrogen and oxygen atoms in total. The fourth-order valence-corrected chi connectivity index (χ4v) is 8.82. The molecule has 1 fully saturated rings. The normalized spacial score (nSPS) is 18.0. The molecule has 0 aliphatic carbocycles. The van der Waals surface area contributed by atoms with E-state index >= 15 is 0 Å². The average molecular weight is 852 g/mol. The molecule has 3 aromatic carbocycles. The summed E-state index contributed by atoms with van der Waals surface area (Å²) in [4.78, 5) is 40.5. The lowest BCUT2D eigenvalue weighted by Crippen LogP contribution is -2.48. The van der Waals surface area contributed by atoms with E-state index in [0.29, 0.717) is 29.9 Å². The lowest BCUT2D eigenvalue weighted by atomic mass is 10.0. The Balaban J connectivity index is 1.19. The highest BCUT2D eigenvalue weighted by Crippen LogP contribution is 2.43. The molecule has 0 radical (unpaired) electrons. The Bertz CT molecular complexity index is 2200. The van der Waals surface area contributed by atoms with Crippen molar-refractivity contribution < 1.29 is 32.7 Å². The number of hydrogen-bond donors (Lipinski definition) is 1. The number of carbonyl (C=O) groups excluding carboxylic acids is 2. The molecule has 1 saturated heterocycles.